The van der Waals surface area contributed by atoms with Gasteiger partial charge in [0.15, 0.2) is 0 Å². The highest BCUT2D eigenvalue weighted by atomic mass is 79.9. The molecular weight excluding hydrogens is 372 g/mol. The van der Waals surface area contributed by atoms with Crippen molar-refractivity contribution in [3.63, 3.8) is 0 Å². The fourth-order valence-electron chi connectivity index (χ4n) is 2.52. The lowest BCUT2D eigenvalue weighted by Gasteiger charge is -2.04. The molecule has 2 aromatic rings. The van der Waals surface area contributed by atoms with E-state index in [1.807, 2.05) is 19.1 Å². The third-order valence-corrected chi connectivity index (χ3v) is 4.09. The van der Waals surface area contributed by atoms with Crippen LogP contribution in [0.4, 0.5) is 11.4 Å². The molecule has 1 aliphatic heterocycles. The number of halogens is 1. The summed E-state index contributed by atoms with van der Waals surface area (Å²) in [7, 11) is 0. The van der Waals surface area contributed by atoms with Crippen LogP contribution < -0.4 is 5.32 Å². The minimum absolute atomic E-state index is 0.235. The van der Waals surface area contributed by atoms with Crippen molar-refractivity contribution in [2.24, 2.45) is 4.99 Å². The van der Waals surface area contributed by atoms with Crippen LogP contribution in [0.25, 0.3) is 0 Å². The minimum atomic E-state index is -0.375. The summed E-state index contributed by atoms with van der Waals surface area (Å²) in [6, 6.07) is 10.5. The number of carbonyl (C=O) groups excluding carboxylic acids is 2. The summed E-state index contributed by atoms with van der Waals surface area (Å²) in [4.78, 5) is 28.3. The Labute approximate surface area is 147 Å². The maximum Gasteiger partial charge on any atom is 0.338 e. The summed E-state index contributed by atoms with van der Waals surface area (Å²) in [5.41, 5.74) is 3.93. The summed E-state index contributed by atoms with van der Waals surface area (Å²) in [5, 5.41) is 2.84. The average Bonchev–Trinajstić information content (AvgIpc) is 2.85. The molecule has 5 nitrogen and oxygen atoms in total. The number of amides is 1. The largest absolute Gasteiger partial charge is 0.462 e. The fraction of sp³-hybridized carbons (Fsp3) is 0.167. The predicted octanol–water partition coefficient (Wildman–Crippen LogP) is 4.01. The predicted molar refractivity (Wildman–Crippen MR) is 96.1 cm³/mol. The standard InChI is InChI=1S/C18H15BrN2O3/c1-3-24-18(23)11-4-6-13(7-5-11)20-16-14-9-12(19)8-10(2)15(14)21-17(16)22/h4-9H,3H2,1-2H3,(H,20,21,22). The van der Waals surface area contributed by atoms with Crippen LogP contribution in [0.5, 0.6) is 0 Å². The van der Waals surface area contributed by atoms with E-state index in [0.717, 1.165) is 21.3 Å². The number of carbonyl (C=O) groups is 2. The van der Waals surface area contributed by atoms with Gasteiger partial charge in [-0.1, -0.05) is 15.9 Å². The van der Waals surface area contributed by atoms with Gasteiger partial charge in [-0.2, -0.15) is 0 Å². The van der Waals surface area contributed by atoms with Crippen molar-refractivity contribution in [1.82, 2.24) is 0 Å². The van der Waals surface area contributed by atoms with Gasteiger partial charge in [-0.25, -0.2) is 9.79 Å². The quantitative estimate of drug-likeness (QED) is 0.810. The molecule has 3 rings (SSSR count). The van der Waals surface area contributed by atoms with E-state index in [2.05, 4.69) is 26.2 Å². The van der Waals surface area contributed by atoms with Gasteiger partial charge in [0.2, 0.25) is 0 Å². The molecule has 24 heavy (non-hydrogen) atoms. The number of ether oxygens (including phenoxy) is 1. The second-order valence-electron chi connectivity index (χ2n) is 5.33. The molecule has 0 aliphatic carbocycles. The second kappa shape index (κ2) is 6.57. The lowest BCUT2D eigenvalue weighted by molar-refractivity contribution is -0.110. The number of fused-ring (bicyclic) bond motifs is 1. The number of rotatable bonds is 3. The topological polar surface area (TPSA) is 67.8 Å². The molecule has 0 fully saturated rings. The van der Waals surface area contributed by atoms with Crippen LogP contribution in [-0.4, -0.2) is 24.2 Å². The number of nitrogens with one attached hydrogen (secondary N) is 1. The van der Waals surface area contributed by atoms with Crippen LogP contribution in [0.15, 0.2) is 45.9 Å². The van der Waals surface area contributed by atoms with Crippen molar-refractivity contribution in [2.75, 3.05) is 11.9 Å². The van der Waals surface area contributed by atoms with Gasteiger partial charge in [-0.05, 0) is 55.8 Å². The van der Waals surface area contributed by atoms with Gasteiger partial charge in [0.05, 0.1) is 23.5 Å². The van der Waals surface area contributed by atoms with Crippen LogP contribution in [0.2, 0.25) is 0 Å². The van der Waals surface area contributed by atoms with Crippen molar-refractivity contribution in [1.29, 1.82) is 0 Å². The Hall–Kier alpha value is -2.47. The Morgan fingerprint density at radius 1 is 1.25 bits per heavy atom. The summed E-state index contributed by atoms with van der Waals surface area (Å²) in [6.45, 7) is 4.02. The van der Waals surface area contributed by atoms with Gasteiger partial charge in [-0.3, -0.25) is 4.79 Å². The molecule has 0 saturated heterocycles. The number of aliphatic imine (C=N–C) groups is 1. The number of benzene rings is 2. The van der Waals surface area contributed by atoms with Gasteiger partial charge < -0.3 is 10.1 Å². The van der Waals surface area contributed by atoms with E-state index in [4.69, 9.17) is 4.74 Å². The van der Waals surface area contributed by atoms with E-state index in [9.17, 15) is 9.59 Å². The first kappa shape index (κ1) is 16.4. The van der Waals surface area contributed by atoms with Crippen LogP contribution in [0.3, 0.4) is 0 Å². The number of esters is 1. The number of anilines is 1. The molecule has 0 unspecified atom stereocenters. The Kier molecular flexibility index (Phi) is 4.49. The Balaban J connectivity index is 1.95. The summed E-state index contributed by atoms with van der Waals surface area (Å²) in [6.07, 6.45) is 0. The highest BCUT2D eigenvalue weighted by molar-refractivity contribution is 9.10. The number of hydrogen-bond donors (Lipinski definition) is 1. The van der Waals surface area contributed by atoms with E-state index >= 15 is 0 Å². The zero-order valence-electron chi connectivity index (χ0n) is 13.2. The van der Waals surface area contributed by atoms with Crippen molar-refractivity contribution in [3.05, 3.63) is 57.6 Å². The van der Waals surface area contributed by atoms with Crippen molar-refractivity contribution >= 4 is 44.9 Å². The Morgan fingerprint density at radius 3 is 2.62 bits per heavy atom. The summed E-state index contributed by atoms with van der Waals surface area (Å²) >= 11 is 3.44. The van der Waals surface area contributed by atoms with Crippen molar-refractivity contribution in [2.45, 2.75) is 13.8 Å². The van der Waals surface area contributed by atoms with Crippen LogP contribution in [0, 0.1) is 6.92 Å². The fourth-order valence-corrected chi connectivity index (χ4v) is 3.09. The summed E-state index contributed by atoms with van der Waals surface area (Å²) < 4.78 is 5.84. The molecular formula is C18H15BrN2O3. The zero-order chi connectivity index (χ0) is 17.3. The van der Waals surface area contributed by atoms with Crippen molar-refractivity contribution < 1.29 is 14.3 Å². The van der Waals surface area contributed by atoms with Crippen molar-refractivity contribution in [3.8, 4) is 0 Å². The molecule has 122 valence electrons. The van der Waals surface area contributed by atoms with Crippen LogP contribution in [0.1, 0.15) is 28.4 Å². The average molecular weight is 387 g/mol. The lowest BCUT2D eigenvalue weighted by Crippen LogP contribution is -2.14. The van der Waals surface area contributed by atoms with Gasteiger partial charge in [0, 0.05) is 10.0 Å². The van der Waals surface area contributed by atoms with Gasteiger partial charge in [0.25, 0.3) is 5.91 Å². The van der Waals surface area contributed by atoms with E-state index in [1.54, 1.807) is 31.2 Å². The SMILES string of the molecule is CCOC(=O)c1ccc(N=C2C(=O)Nc3c(C)cc(Br)cc32)cc1. The molecule has 0 saturated carbocycles. The zero-order valence-corrected chi connectivity index (χ0v) is 14.8. The molecule has 1 heterocycles. The first-order valence-electron chi connectivity index (χ1n) is 7.47. The third kappa shape index (κ3) is 3.10. The summed E-state index contributed by atoms with van der Waals surface area (Å²) in [5.74, 6) is -0.610. The van der Waals surface area contributed by atoms with Crippen LogP contribution >= 0.6 is 15.9 Å². The van der Waals surface area contributed by atoms with E-state index in [1.165, 1.54) is 0 Å². The number of nitrogens with zero attached hydrogens (tertiary/aromatic N) is 1. The molecule has 0 bridgehead atoms. The van der Waals surface area contributed by atoms with Crippen LogP contribution in [-0.2, 0) is 9.53 Å². The van der Waals surface area contributed by atoms with Gasteiger partial charge >= 0.3 is 5.97 Å². The molecule has 0 radical (unpaired) electrons. The highest BCUT2D eigenvalue weighted by Gasteiger charge is 2.27. The van der Waals surface area contributed by atoms with E-state index in [-0.39, 0.29) is 11.9 Å². The molecule has 0 spiro atoms. The second-order valence-corrected chi connectivity index (χ2v) is 6.24. The van der Waals surface area contributed by atoms with E-state index < -0.39 is 0 Å². The van der Waals surface area contributed by atoms with Gasteiger partial charge in [-0.15, -0.1) is 0 Å². The molecule has 2 aromatic carbocycles. The van der Waals surface area contributed by atoms with E-state index in [0.29, 0.717) is 23.6 Å². The molecule has 1 amide bonds. The first-order chi connectivity index (χ1) is 11.5. The number of hydrogen-bond acceptors (Lipinski definition) is 4. The lowest BCUT2D eigenvalue weighted by atomic mass is 10.1. The molecule has 1 aliphatic rings. The maximum absolute atomic E-state index is 12.2. The van der Waals surface area contributed by atoms with Gasteiger partial charge in [0.1, 0.15) is 5.71 Å². The smallest absolute Gasteiger partial charge is 0.338 e. The maximum atomic E-state index is 12.2. The molecule has 6 heteroatoms. The minimum Gasteiger partial charge on any atom is -0.462 e. The first-order valence-corrected chi connectivity index (χ1v) is 8.26. The number of aryl methyl sites for hydroxylation is 1. The molecule has 0 atom stereocenters. The normalized spacial score (nSPS) is 14.5. The Bertz CT molecular complexity index is 857. The highest BCUT2D eigenvalue weighted by Crippen LogP contribution is 2.32. The third-order valence-electron chi connectivity index (χ3n) is 3.63. The molecule has 1 N–H and O–H groups in total. The Morgan fingerprint density at radius 2 is 1.96 bits per heavy atom. The monoisotopic (exact) mass is 386 g/mol. The molecule has 0 aromatic heterocycles.